The monoisotopic (exact) mass is 364 g/mol. The molecule has 0 aliphatic rings. The SMILES string of the molecule is Cc1oc(-c2ccc(NC(=O)c3cccs3)cc2)nc1Cn1cccn1. The van der Waals surface area contributed by atoms with Crippen LogP contribution in [-0.2, 0) is 6.54 Å². The summed E-state index contributed by atoms with van der Waals surface area (Å²) in [6, 6.07) is 13.0. The number of anilines is 1. The molecule has 0 radical (unpaired) electrons. The van der Waals surface area contributed by atoms with Crippen molar-refractivity contribution in [1.82, 2.24) is 14.8 Å². The van der Waals surface area contributed by atoms with Crippen molar-refractivity contribution >= 4 is 22.9 Å². The Kier molecular flexibility index (Phi) is 4.37. The van der Waals surface area contributed by atoms with Gasteiger partial charge in [-0.2, -0.15) is 5.10 Å². The number of carbonyl (C=O) groups excluding carboxylic acids is 1. The maximum Gasteiger partial charge on any atom is 0.265 e. The Labute approximate surface area is 154 Å². The van der Waals surface area contributed by atoms with Crippen LogP contribution in [0, 0.1) is 6.92 Å². The zero-order valence-electron chi connectivity index (χ0n) is 14.0. The fourth-order valence-electron chi connectivity index (χ4n) is 2.54. The fraction of sp³-hybridized carbons (Fsp3) is 0.105. The topological polar surface area (TPSA) is 73.0 Å². The second-order valence-corrected chi connectivity index (χ2v) is 6.68. The molecule has 130 valence electrons. The fourth-order valence-corrected chi connectivity index (χ4v) is 3.16. The lowest BCUT2D eigenvalue weighted by atomic mass is 10.2. The van der Waals surface area contributed by atoms with Gasteiger partial charge in [0.2, 0.25) is 5.89 Å². The number of rotatable bonds is 5. The molecule has 0 saturated carbocycles. The number of aromatic nitrogens is 3. The maximum atomic E-state index is 12.1. The smallest absolute Gasteiger partial charge is 0.265 e. The molecule has 0 unspecified atom stereocenters. The second-order valence-electron chi connectivity index (χ2n) is 5.73. The largest absolute Gasteiger partial charge is 0.441 e. The predicted molar refractivity (Wildman–Crippen MR) is 100 cm³/mol. The molecule has 0 aliphatic heterocycles. The van der Waals surface area contributed by atoms with Gasteiger partial charge < -0.3 is 9.73 Å². The van der Waals surface area contributed by atoms with Gasteiger partial charge >= 0.3 is 0 Å². The predicted octanol–water partition coefficient (Wildman–Crippen LogP) is 4.21. The highest BCUT2D eigenvalue weighted by molar-refractivity contribution is 7.12. The third-order valence-electron chi connectivity index (χ3n) is 3.90. The first-order valence-corrected chi connectivity index (χ1v) is 8.96. The standard InChI is InChI=1S/C19H16N4O2S/c1-13-16(12-23-10-3-9-20-23)22-19(25-13)14-5-7-15(8-6-14)21-18(24)17-4-2-11-26-17/h2-11H,12H2,1H3,(H,21,24). The third-order valence-corrected chi connectivity index (χ3v) is 4.77. The third kappa shape index (κ3) is 3.43. The summed E-state index contributed by atoms with van der Waals surface area (Å²) in [5.41, 5.74) is 2.43. The lowest BCUT2D eigenvalue weighted by Crippen LogP contribution is -2.09. The summed E-state index contributed by atoms with van der Waals surface area (Å²) < 4.78 is 7.59. The van der Waals surface area contributed by atoms with E-state index in [0.717, 1.165) is 22.7 Å². The number of nitrogens with zero attached hydrogens (tertiary/aromatic N) is 3. The van der Waals surface area contributed by atoms with Crippen LogP contribution in [0.1, 0.15) is 21.1 Å². The summed E-state index contributed by atoms with van der Waals surface area (Å²) in [6.07, 6.45) is 3.62. The Morgan fingerprint density at radius 2 is 2.08 bits per heavy atom. The van der Waals surface area contributed by atoms with E-state index in [-0.39, 0.29) is 5.91 Å². The lowest BCUT2D eigenvalue weighted by molar-refractivity contribution is 0.103. The van der Waals surface area contributed by atoms with Crippen molar-refractivity contribution in [2.75, 3.05) is 5.32 Å². The number of amides is 1. The zero-order chi connectivity index (χ0) is 17.9. The molecular weight excluding hydrogens is 348 g/mol. The molecule has 3 aromatic heterocycles. The molecule has 1 amide bonds. The molecule has 0 fully saturated rings. The van der Waals surface area contributed by atoms with Crippen LogP contribution in [0.4, 0.5) is 5.69 Å². The molecule has 4 aromatic rings. The van der Waals surface area contributed by atoms with Crippen LogP contribution in [0.3, 0.4) is 0 Å². The van der Waals surface area contributed by atoms with Crippen molar-refractivity contribution in [2.24, 2.45) is 0 Å². The number of aryl methyl sites for hydroxylation is 1. The molecule has 26 heavy (non-hydrogen) atoms. The molecular formula is C19H16N4O2S. The summed E-state index contributed by atoms with van der Waals surface area (Å²) in [4.78, 5) is 17.3. The average Bonchev–Trinajstić information content (AvgIpc) is 3.39. The van der Waals surface area contributed by atoms with Crippen molar-refractivity contribution in [3.8, 4) is 11.5 Å². The number of oxazole rings is 1. The van der Waals surface area contributed by atoms with Gasteiger partial charge in [0.15, 0.2) is 0 Å². The molecule has 0 bridgehead atoms. The van der Waals surface area contributed by atoms with Crippen molar-refractivity contribution in [3.63, 3.8) is 0 Å². The van der Waals surface area contributed by atoms with Gasteiger partial charge in [0.25, 0.3) is 5.91 Å². The number of benzene rings is 1. The number of carbonyl (C=O) groups is 1. The molecule has 4 rings (SSSR count). The van der Waals surface area contributed by atoms with E-state index < -0.39 is 0 Å². The minimum absolute atomic E-state index is 0.110. The van der Waals surface area contributed by atoms with Crippen LogP contribution in [0.25, 0.3) is 11.5 Å². The highest BCUT2D eigenvalue weighted by atomic mass is 32.1. The van der Waals surface area contributed by atoms with Gasteiger partial charge in [-0.25, -0.2) is 4.98 Å². The molecule has 7 heteroatoms. The minimum atomic E-state index is -0.110. The van der Waals surface area contributed by atoms with E-state index >= 15 is 0 Å². The van der Waals surface area contributed by atoms with Crippen LogP contribution >= 0.6 is 11.3 Å². The lowest BCUT2D eigenvalue weighted by Gasteiger charge is -2.04. The Hall–Kier alpha value is -3.19. The Morgan fingerprint density at radius 3 is 2.77 bits per heavy atom. The van der Waals surface area contributed by atoms with Crippen molar-refractivity contribution < 1.29 is 9.21 Å². The normalized spacial score (nSPS) is 10.8. The second kappa shape index (κ2) is 6.97. The van der Waals surface area contributed by atoms with Gasteiger partial charge in [0.1, 0.15) is 11.5 Å². The number of thiophene rings is 1. The molecule has 1 aromatic carbocycles. The maximum absolute atomic E-state index is 12.1. The van der Waals surface area contributed by atoms with E-state index in [1.165, 1.54) is 11.3 Å². The first-order chi connectivity index (χ1) is 12.7. The highest BCUT2D eigenvalue weighted by Gasteiger charge is 2.13. The van der Waals surface area contributed by atoms with Gasteiger partial charge in [-0.15, -0.1) is 11.3 Å². The van der Waals surface area contributed by atoms with Crippen LogP contribution in [0.2, 0.25) is 0 Å². The van der Waals surface area contributed by atoms with Gasteiger partial charge in [-0.1, -0.05) is 6.07 Å². The number of nitrogens with one attached hydrogen (secondary N) is 1. The molecule has 0 aliphatic carbocycles. The van der Waals surface area contributed by atoms with E-state index in [4.69, 9.17) is 4.42 Å². The number of hydrogen-bond acceptors (Lipinski definition) is 5. The van der Waals surface area contributed by atoms with E-state index in [1.54, 1.807) is 16.9 Å². The highest BCUT2D eigenvalue weighted by Crippen LogP contribution is 2.24. The first kappa shape index (κ1) is 16.3. The Morgan fingerprint density at radius 1 is 1.23 bits per heavy atom. The molecule has 3 heterocycles. The minimum Gasteiger partial charge on any atom is -0.441 e. The van der Waals surface area contributed by atoms with Crippen LogP contribution < -0.4 is 5.32 Å². The molecule has 0 spiro atoms. The first-order valence-electron chi connectivity index (χ1n) is 8.08. The van der Waals surface area contributed by atoms with E-state index in [0.29, 0.717) is 17.3 Å². The van der Waals surface area contributed by atoms with Crippen molar-refractivity contribution in [1.29, 1.82) is 0 Å². The average molecular weight is 364 g/mol. The van der Waals surface area contributed by atoms with Gasteiger partial charge in [0, 0.05) is 23.6 Å². The van der Waals surface area contributed by atoms with Gasteiger partial charge in [0.05, 0.1) is 11.4 Å². The summed E-state index contributed by atoms with van der Waals surface area (Å²) in [5.74, 6) is 1.22. The zero-order valence-corrected chi connectivity index (χ0v) is 14.9. The molecule has 0 saturated heterocycles. The van der Waals surface area contributed by atoms with Crippen LogP contribution in [0.5, 0.6) is 0 Å². The van der Waals surface area contributed by atoms with E-state index in [2.05, 4.69) is 15.4 Å². The molecule has 0 atom stereocenters. The molecule has 1 N–H and O–H groups in total. The summed E-state index contributed by atoms with van der Waals surface area (Å²) in [6.45, 7) is 2.46. The van der Waals surface area contributed by atoms with E-state index in [1.807, 2.05) is 54.9 Å². The summed E-state index contributed by atoms with van der Waals surface area (Å²) in [5, 5.41) is 8.95. The van der Waals surface area contributed by atoms with Crippen LogP contribution in [-0.4, -0.2) is 20.7 Å². The Bertz CT molecular complexity index is 1000. The number of hydrogen-bond donors (Lipinski definition) is 1. The van der Waals surface area contributed by atoms with E-state index in [9.17, 15) is 4.79 Å². The molecule has 6 nitrogen and oxygen atoms in total. The van der Waals surface area contributed by atoms with Crippen molar-refractivity contribution in [2.45, 2.75) is 13.5 Å². The summed E-state index contributed by atoms with van der Waals surface area (Å²) >= 11 is 1.41. The van der Waals surface area contributed by atoms with Crippen molar-refractivity contribution in [3.05, 3.63) is 76.6 Å². The van der Waals surface area contributed by atoms with Crippen LogP contribution in [0.15, 0.2) is 64.7 Å². The quantitative estimate of drug-likeness (QED) is 0.576. The van der Waals surface area contributed by atoms with Gasteiger partial charge in [-0.05, 0) is 48.7 Å². The Balaban J connectivity index is 1.49. The van der Waals surface area contributed by atoms with Gasteiger partial charge in [-0.3, -0.25) is 9.48 Å². The summed E-state index contributed by atoms with van der Waals surface area (Å²) in [7, 11) is 0.